The van der Waals surface area contributed by atoms with Crippen molar-refractivity contribution in [2.75, 3.05) is 5.32 Å². The zero-order valence-electron chi connectivity index (χ0n) is 21.9. The van der Waals surface area contributed by atoms with Gasteiger partial charge in [0.25, 0.3) is 0 Å². The van der Waals surface area contributed by atoms with Crippen LogP contribution in [0, 0.1) is 13.8 Å². The summed E-state index contributed by atoms with van der Waals surface area (Å²) in [6.07, 6.45) is 2.85. The summed E-state index contributed by atoms with van der Waals surface area (Å²) >= 11 is 0. The van der Waals surface area contributed by atoms with Gasteiger partial charge in [0.1, 0.15) is 5.82 Å². The Kier molecular flexibility index (Phi) is 6.08. The third-order valence-corrected chi connectivity index (χ3v) is 7.31. The Balaban J connectivity index is 1.57. The fraction of sp³-hybridized carbons (Fsp3) is 0.188. The molecule has 0 unspecified atom stereocenters. The van der Waals surface area contributed by atoms with E-state index in [0.29, 0.717) is 6.54 Å². The lowest BCUT2D eigenvalue weighted by Crippen LogP contribution is -2.38. The van der Waals surface area contributed by atoms with Gasteiger partial charge in [0.2, 0.25) is 0 Å². The molecule has 1 aliphatic rings. The fourth-order valence-corrected chi connectivity index (χ4v) is 5.44. The molecule has 0 saturated heterocycles. The first-order chi connectivity index (χ1) is 18.5. The van der Waals surface area contributed by atoms with Crippen LogP contribution in [0.1, 0.15) is 46.6 Å². The molecule has 6 nitrogen and oxygen atoms in total. The molecule has 0 spiro atoms. The van der Waals surface area contributed by atoms with E-state index in [2.05, 4.69) is 78.5 Å². The van der Waals surface area contributed by atoms with Crippen molar-refractivity contribution in [3.63, 3.8) is 0 Å². The number of rotatable bonds is 4. The minimum absolute atomic E-state index is 0.138. The van der Waals surface area contributed by atoms with Crippen molar-refractivity contribution in [1.82, 2.24) is 19.2 Å². The van der Waals surface area contributed by atoms with Gasteiger partial charge in [0.05, 0.1) is 29.7 Å². The molecule has 0 radical (unpaired) electrons. The molecule has 2 aromatic heterocycles. The molecule has 1 N–H and O–H groups in total. The van der Waals surface area contributed by atoms with Gasteiger partial charge >= 0.3 is 6.03 Å². The number of fused-ring (bicyclic) bond motifs is 3. The Morgan fingerprint density at radius 1 is 0.947 bits per heavy atom. The number of nitrogens with one attached hydrogen (secondary N) is 1. The van der Waals surface area contributed by atoms with E-state index in [1.165, 1.54) is 0 Å². The zero-order chi connectivity index (χ0) is 26.2. The maximum absolute atomic E-state index is 14.1. The minimum Gasteiger partial charge on any atom is -0.308 e. The molecule has 1 atom stereocenters. The number of para-hydroxylation sites is 2. The third-order valence-electron chi connectivity index (χ3n) is 7.31. The number of hydrogen-bond donors (Lipinski definition) is 1. The molecule has 0 bridgehead atoms. The van der Waals surface area contributed by atoms with Gasteiger partial charge in [-0.15, -0.1) is 0 Å². The molecule has 2 amide bonds. The van der Waals surface area contributed by atoms with E-state index in [1.807, 2.05) is 59.0 Å². The molecule has 6 rings (SSSR count). The van der Waals surface area contributed by atoms with Crippen molar-refractivity contribution in [3.8, 4) is 11.5 Å². The van der Waals surface area contributed by atoms with Crippen LogP contribution in [0.2, 0.25) is 0 Å². The molecule has 3 aromatic carbocycles. The van der Waals surface area contributed by atoms with E-state index in [4.69, 9.17) is 5.10 Å². The van der Waals surface area contributed by atoms with E-state index < -0.39 is 0 Å². The second-order valence-electron chi connectivity index (χ2n) is 9.84. The average Bonchev–Trinajstić information content (AvgIpc) is 3.51. The number of aromatic nitrogens is 3. The van der Waals surface area contributed by atoms with Gasteiger partial charge in [-0.1, -0.05) is 73.2 Å². The van der Waals surface area contributed by atoms with Crippen molar-refractivity contribution in [2.24, 2.45) is 0 Å². The van der Waals surface area contributed by atoms with Crippen molar-refractivity contribution < 1.29 is 4.79 Å². The summed E-state index contributed by atoms with van der Waals surface area (Å²) in [6, 6.07) is 30.3. The van der Waals surface area contributed by atoms with Crippen molar-refractivity contribution >= 4 is 11.7 Å². The number of benzene rings is 3. The monoisotopic (exact) mass is 501 g/mol. The van der Waals surface area contributed by atoms with E-state index in [0.717, 1.165) is 57.3 Å². The summed E-state index contributed by atoms with van der Waals surface area (Å²) in [6.45, 7) is 6.66. The first-order valence-corrected chi connectivity index (χ1v) is 13.1. The Bertz CT molecular complexity index is 1610. The van der Waals surface area contributed by atoms with Crippen LogP contribution in [-0.4, -0.2) is 25.3 Å². The van der Waals surface area contributed by atoms with Gasteiger partial charge in [0.15, 0.2) is 0 Å². The Morgan fingerprint density at radius 2 is 1.74 bits per heavy atom. The van der Waals surface area contributed by atoms with Gasteiger partial charge in [-0.3, -0.25) is 0 Å². The van der Waals surface area contributed by atoms with Crippen molar-refractivity contribution in [3.05, 3.63) is 131 Å². The standard InChI is InChI=1S/C32H31N5O/c1-4-27-26-21-36(32(38)33-28-17-9-8-13-23(28)3)30(24-14-10-12-22(2)20-24)29-18-11-19-35(29)31(26)37(34-27)25-15-6-5-7-16-25/h5-20,30H,4,21H2,1-3H3,(H,33,38)/t30-/m1/s1. The number of urea groups is 1. The molecule has 1 aliphatic heterocycles. The number of amides is 2. The molecule has 6 heteroatoms. The Hall–Kier alpha value is -4.58. The average molecular weight is 502 g/mol. The molecular weight excluding hydrogens is 470 g/mol. The van der Waals surface area contributed by atoms with Gasteiger partial charge in [-0.2, -0.15) is 5.10 Å². The second-order valence-corrected chi connectivity index (χ2v) is 9.84. The highest BCUT2D eigenvalue weighted by molar-refractivity contribution is 5.91. The van der Waals surface area contributed by atoms with E-state index in [9.17, 15) is 4.79 Å². The molecule has 0 aliphatic carbocycles. The van der Waals surface area contributed by atoms with Gasteiger partial charge < -0.3 is 14.8 Å². The molecule has 38 heavy (non-hydrogen) atoms. The summed E-state index contributed by atoms with van der Waals surface area (Å²) in [7, 11) is 0. The fourth-order valence-electron chi connectivity index (χ4n) is 5.44. The molecule has 5 aromatic rings. The highest BCUT2D eigenvalue weighted by Crippen LogP contribution is 2.39. The van der Waals surface area contributed by atoms with E-state index >= 15 is 0 Å². The number of nitrogens with zero attached hydrogens (tertiary/aromatic N) is 4. The van der Waals surface area contributed by atoms with Crippen molar-refractivity contribution in [2.45, 2.75) is 39.8 Å². The second kappa shape index (κ2) is 9.71. The van der Waals surface area contributed by atoms with Gasteiger partial charge in [-0.05, 0) is 61.7 Å². The first kappa shape index (κ1) is 23.8. The summed E-state index contributed by atoms with van der Waals surface area (Å²) in [4.78, 5) is 16.1. The maximum atomic E-state index is 14.1. The first-order valence-electron chi connectivity index (χ1n) is 13.1. The highest BCUT2D eigenvalue weighted by Gasteiger charge is 2.36. The number of carbonyl (C=O) groups is 1. The van der Waals surface area contributed by atoms with E-state index in [1.54, 1.807) is 0 Å². The number of anilines is 1. The zero-order valence-corrected chi connectivity index (χ0v) is 21.9. The number of aryl methyl sites for hydroxylation is 3. The summed E-state index contributed by atoms with van der Waals surface area (Å²) in [5, 5.41) is 8.24. The molecule has 3 heterocycles. The smallest absolute Gasteiger partial charge is 0.308 e. The van der Waals surface area contributed by atoms with Gasteiger partial charge in [0, 0.05) is 17.4 Å². The van der Waals surface area contributed by atoms with Crippen LogP contribution in [0.25, 0.3) is 11.5 Å². The summed E-state index contributed by atoms with van der Waals surface area (Å²) < 4.78 is 4.23. The molecule has 0 fully saturated rings. The lowest BCUT2D eigenvalue weighted by Gasteiger charge is -2.31. The Labute approximate surface area is 223 Å². The van der Waals surface area contributed by atoms with Crippen molar-refractivity contribution in [1.29, 1.82) is 0 Å². The predicted octanol–water partition coefficient (Wildman–Crippen LogP) is 6.98. The van der Waals surface area contributed by atoms with Crippen LogP contribution < -0.4 is 5.32 Å². The molecule has 190 valence electrons. The topological polar surface area (TPSA) is 55.1 Å². The summed E-state index contributed by atoms with van der Waals surface area (Å²) in [5.74, 6) is 0.983. The predicted molar refractivity (Wildman–Crippen MR) is 151 cm³/mol. The lowest BCUT2D eigenvalue weighted by molar-refractivity contribution is 0.194. The number of hydrogen-bond acceptors (Lipinski definition) is 2. The maximum Gasteiger partial charge on any atom is 0.322 e. The van der Waals surface area contributed by atoms with Crippen LogP contribution in [0.4, 0.5) is 10.5 Å². The van der Waals surface area contributed by atoms with Crippen LogP contribution in [0.5, 0.6) is 0 Å². The largest absolute Gasteiger partial charge is 0.322 e. The van der Waals surface area contributed by atoms with E-state index in [-0.39, 0.29) is 12.1 Å². The van der Waals surface area contributed by atoms with Crippen LogP contribution >= 0.6 is 0 Å². The minimum atomic E-state index is -0.282. The highest BCUT2D eigenvalue weighted by atomic mass is 16.2. The van der Waals surface area contributed by atoms with Gasteiger partial charge in [-0.25, -0.2) is 9.48 Å². The van der Waals surface area contributed by atoms with Crippen LogP contribution in [0.3, 0.4) is 0 Å². The third kappa shape index (κ3) is 4.08. The Morgan fingerprint density at radius 3 is 2.50 bits per heavy atom. The van der Waals surface area contributed by atoms with Crippen LogP contribution in [-0.2, 0) is 13.0 Å². The SMILES string of the molecule is CCc1nn(-c2ccccc2)c2c1CN(C(=O)Nc1ccccc1C)[C@H](c1cccc(C)c1)c1cccn1-2. The molecule has 0 saturated carbocycles. The lowest BCUT2D eigenvalue weighted by atomic mass is 10.00. The number of carbonyl (C=O) groups excluding carboxylic acids is 1. The quantitative estimate of drug-likeness (QED) is 0.289. The normalized spacial score (nSPS) is 14.5. The van der Waals surface area contributed by atoms with Crippen LogP contribution in [0.15, 0.2) is 97.2 Å². The molecular formula is C32H31N5O. The summed E-state index contributed by atoms with van der Waals surface area (Å²) in [5.41, 5.74) is 8.14.